The lowest BCUT2D eigenvalue weighted by Gasteiger charge is -2.06. The molecule has 9 nitrogen and oxygen atoms in total. The maximum absolute atomic E-state index is 12.4. The third kappa shape index (κ3) is 5.79. The number of carbonyl (C=O) groups is 1. The van der Waals surface area contributed by atoms with Crippen molar-refractivity contribution in [3.63, 3.8) is 0 Å². The second-order valence-electron chi connectivity index (χ2n) is 7.58. The zero-order valence-electron chi connectivity index (χ0n) is 19.1. The molecule has 178 valence electrons. The lowest BCUT2D eigenvalue weighted by molar-refractivity contribution is -0.625. The third-order valence-electron chi connectivity index (χ3n) is 5.06. The molecule has 35 heavy (non-hydrogen) atoms. The minimum atomic E-state index is -0.324. The number of nitrogens with one attached hydrogen (secondary N) is 2. The van der Waals surface area contributed by atoms with Gasteiger partial charge < -0.3 is 14.9 Å². The number of aromatic nitrogens is 3. The Kier molecular flexibility index (Phi) is 7.32. The van der Waals surface area contributed by atoms with E-state index in [0.717, 1.165) is 28.4 Å². The van der Waals surface area contributed by atoms with Crippen LogP contribution in [0.3, 0.4) is 0 Å². The van der Waals surface area contributed by atoms with Gasteiger partial charge in [0, 0.05) is 0 Å². The van der Waals surface area contributed by atoms with Crippen LogP contribution in [-0.2, 0) is 4.79 Å². The molecule has 0 fully saturated rings. The number of rotatable bonds is 8. The summed E-state index contributed by atoms with van der Waals surface area (Å²) in [5, 5.41) is 31.0. The minimum absolute atomic E-state index is 0.0759. The molecule has 0 atom stereocenters. The molecule has 1 aromatic heterocycles. The van der Waals surface area contributed by atoms with E-state index in [1.807, 2.05) is 60.0 Å². The van der Waals surface area contributed by atoms with E-state index in [2.05, 4.69) is 20.7 Å². The molecule has 0 radical (unpaired) electrons. The highest BCUT2D eigenvalue weighted by atomic mass is 32.2. The van der Waals surface area contributed by atoms with Crippen LogP contribution in [0.25, 0.3) is 17.1 Å². The van der Waals surface area contributed by atoms with E-state index in [1.54, 1.807) is 13.2 Å². The van der Waals surface area contributed by atoms with Gasteiger partial charge in [-0.3, -0.25) is 4.79 Å². The molecule has 4 rings (SSSR count). The van der Waals surface area contributed by atoms with Crippen molar-refractivity contribution in [1.29, 1.82) is 0 Å². The van der Waals surface area contributed by atoms with E-state index in [0.29, 0.717) is 10.7 Å². The number of aryl methyl sites for hydroxylation is 1. The number of carbonyl (C=O) groups excluding carboxylic acids is 1. The number of benzene rings is 3. The maximum atomic E-state index is 12.4. The summed E-state index contributed by atoms with van der Waals surface area (Å²) in [6, 6.07) is 19.9. The highest BCUT2D eigenvalue weighted by Gasteiger charge is 2.24. The van der Waals surface area contributed by atoms with Crippen LogP contribution in [0.5, 0.6) is 17.2 Å². The molecule has 10 heteroatoms. The second kappa shape index (κ2) is 10.7. The zero-order valence-corrected chi connectivity index (χ0v) is 19.9. The number of amides is 1. The van der Waals surface area contributed by atoms with E-state index in [-0.39, 0.29) is 23.2 Å². The second-order valence-corrected chi connectivity index (χ2v) is 8.53. The van der Waals surface area contributed by atoms with Crippen molar-refractivity contribution in [2.75, 3.05) is 12.9 Å². The van der Waals surface area contributed by atoms with E-state index >= 15 is 0 Å². The maximum Gasteiger partial charge on any atom is 0.342 e. The van der Waals surface area contributed by atoms with Crippen molar-refractivity contribution in [2.24, 2.45) is 5.10 Å². The molecule has 0 bridgehead atoms. The number of aromatic hydroxyl groups is 2. The monoisotopic (exact) mass is 490 g/mol. The zero-order chi connectivity index (χ0) is 24.8. The van der Waals surface area contributed by atoms with E-state index < -0.39 is 0 Å². The standard InChI is InChI=1S/C25H23N5O4S/c1-16-3-6-18(7-4-16)24-28-29-25(30(24)19-8-10-20(34-2)11-9-19)35-15-23(33)27-26-14-17-5-12-21(31)22(32)13-17/h3-14H,15H2,1-2H3,(H3,26,27,31,32,33)/p+1. The Balaban J connectivity index is 1.51. The van der Waals surface area contributed by atoms with E-state index in [9.17, 15) is 15.0 Å². The van der Waals surface area contributed by atoms with Gasteiger partial charge in [0.1, 0.15) is 11.4 Å². The van der Waals surface area contributed by atoms with Crippen LogP contribution in [0.15, 0.2) is 77.0 Å². The molecule has 0 aliphatic rings. The fourth-order valence-electron chi connectivity index (χ4n) is 3.23. The topological polar surface area (TPSA) is 124 Å². The molecule has 0 saturated heterocycles. The Morgan fingerprint density at radius 2 is 1.86 bits per heavy atom. The number of phenols is 2. The van der Waals surface area contributed by atoms with Crippen molar-refractivity contribution < 1.29 is 24.3 Å². The number of H-pyrrole nitrogens is 1. The van der Waals surface area contributed by atoms with Crippen molar-refractivity contribution in [2.45, 2.75) is 12.1 Å². The molecule has 4 aromatic rings. The van der Waals surface area contributed by atoms with Crippen LogP contribution in [0.1, 0.15) is 11.1 Å². The Labute approximate surface area is 206 Å². The normalized spacial score (nSPS) is 11.0. The minimum Gasteiger partial charge on any atom is -0.504 e. The van der Waals surface area contributed by atoms with Crippen LogP contribution in [0.4, 0.5) is 0 Å². The summed E-state index contributed by atoms with van der Waals surface area (Å²) in [6.45, 7) is 2.03. The van der Waals surface area contributed by atoms with Crippen LogP contribution in [0, 0.1) is 6.92 Å². The number of nitrogens with zero attached hydrogens (tertiary/aromatic N) is 3. The molecule has 1 heterocycles. The smallest absolute Gasteiger partial charge is 0.342 e. The average Bonchev–Trinajstić information content (AvgIpc) is 3.29. The number of hydrogen-bond donors (Lipinski definition) is 4. The predicted octanol–water partition coefficient (Wildman–Crippen LogP) is 3.32. The fraction of sp³-hybridized carbons (Fsp3) is 0.120. The Bertz CT molecular complexity index is 1350. The summed E-state index contributed by atoms with van der Waals surface area (Å²) < 4.78 is 7.22. The number of ether oxygens (including phenoxy) is 1. The van der Waals surface area contributed by atoms with Crippen molar-refractivity contribution in [3.05, 3.63) is 77.9 Å². The molecule has 3 aromatic carbocycles. The molecule has 0 spiro atoms. The number of aromatic amines is 1. The first-order valence-corrected chi connectivity index (χ1v) is 11.6. The van der Waals surface area contributed by atoms with Gasteiger partial charge in [-0.05, 0) is 78.8 Å². The number of thioether (sulfide) groups is 1. The van der Waals surface area contributed by atoms with E-state index in [4.69, 9.17) is 4.74 Å². The highest BCUT2D eigenvalue weighted by Crippen LogP contribution is 2.24. The van der Waals surface area contributed by atoms with Gasteiger partial charge >= 0.3 is 5.16 Å². The summed E-state index contributed by atoms with van der Waals surface area (Å²) in [6.07, 6.45) is 1.38. The number of hydrogen-bond acceptors (Lipinski definition) is 7. The SMILES string of the molecule is COc1ccc(-[n+]2c(SCC(=O)N/N=C/c3ccc(O)c(O)c3)n[nH]c2-c2ccc(C)cc2)cc1. The number of phenolic OH excluding ortho intramolecular Hbond substituents is 2. The Morgan fingerprint density at radius 3 is 2.54 bits per heavy atom. The largest absolute Gasteiger partial charge is 0.504 e. The van der Waals surface area contributed by atoms with Crippen molar-refractivity contribution >= 4 is 23.9 Å². The predicted molar refractivity (Wildman–Crippen MR) is 133 cm³/mol. The number of hydrazone groups is 1. The molecular weight excluding hydrogens is 466 g/mol. The lowest BCUT2D eigenvalue weighted by Crippen LogP contribution is -2.34. The molecule has 0 unspecified atom stereocenters. The van der Waals surface area contributed by atoms with Gasteiger partial charge in [-0.2, -0.15) is 9.67 Å². The average molecular weight is 491 g/mol. The summed E-state index contributed by atoms with van der Waals surface area (Å²) in [5.74, 6) is 0.785. The van der Waals surface area contributed by atoms with Gasteiger partial charge in [-0.1, -0.05) is 17.7 Å². The summed E-state index contributed by atoms with van der Waals surface area (Å²) in [5.41, 5.74) is 5.96. The lowest BCUT2D eigenvalue weighted by atomic mass is 10.1. The van der Waals surface area contributed by atoms with Gasteiger partial charge in [0.15, 0.2) is 11.5 Å². The van der Waals surface area contributed by atoms with Crippen LogP contribution < -0.4 is 14.7 Å². The van der Waals surface area contributed by atoms with Crippen LogP contribution >= 0.6 is 11.8 Å². The summed E-state index contributed by atoms with van der Waals surface area (Å²) >= 11 is 1.26. The molecule has 0 saturated carbocycles. The van der Waals surface area contributed by atoms with Gasteiger partial charge in [0.2, 0.25) is 0 Å². The molecule has 1 amide bonds. The summed E-state index contributed by atoms with van der Waals surface area (Å²) in [4.78, 5) is 12.4. The van der Waals surface area contributed by atoms with Gasteiger partial charge in [-0.15, -0.1) is 5.10 Å². The van der Waals surface area contributed by atoms with Gasteiger partial charge in [-0.25, -0.2) is 5.43 Å². The third-order valence-corrected chi connectivity index (χ3v) is 6.00. The summed E-state index contributed by atoms with van der Waals surface area (Å²) in [7, 11) is 1.62. The van der Waals surface area contributed by atoms with Gasteiger partial charge in [0.05, 0.1) is 29.7 Å². The molecular formula is C25H24N5O4S+. The van der Waals surface area contributed by atoms with Crippen LogP contribution in [0.2, 0.25) is 0 Å². The van der Waals surface area contributed by atoms with Crippen molar-refractivity contribution in [3.8, 4) is 34.3 Å². The Hall–Kier alpha value is -4.31. The molecule has 4 N–H and O–H groups in total. The van der Waals surface area contributed by atoms with E-state index in [1.165, 1.54) is 30.1 Å². The number of methoxy groups -OCH3 is 1. The molecule has 0 aliphatic heterocycles. The van der Waals surface area contributed by atoms with Crippen LogP contribution in [-0.4, -0.2) is 45.4 Å². The molecule has 0 aliphatic carbocycles. The first kappa shape index (κ1) is 23.8. The van der Waals surface area contributed by atoms with Crippen molar-refractivity contribution in [1.82, 2.24) is 15.6 Å². The quantitative estimate of drug-likeness (QED) is 0.0988. The fourth-order valence-corrected chi connectivity index (χ4v) is 3.99. The first-order chi connectivity index (χ1) is 16.9. The van der Waals surface area contributed by atoms with Gasteiger partial charge in [0.25, 0.3) is 11.7 Å². The first-order valence-electron chi connectivity index (χ1n) is 10.6. The Morgan fingerprint density at radius 1 is 1.11 bits per heavy atom. The highest BCUT2D eigenvalue weighted by molar-refractivity contribution is 7.99.